The van der Waals surface area contributed by atoms with Crippen LogP contribution in [0.25, 0.3) is 0 Å². The number of aromatic nitrogens is 1. The number of nitrogens with one attached hydrogen (secondary N) is 1. The molecular formula is C17H30N4. The van der Waals surface area contributed by atoms with E-state index in [2.05, 4.69) is 54.0 Å². The summed E-state index contributed by atoms with van der Waals surface area (Å²) in [5, 5.41) is 3.69. The lowest BCUT2D eigenvalue weighted by Crippen LogP contribution is -2.53. The smallest absolute Gasteiger partial charge is 0.0315 e. The van der Waals surface area contributed by atoms with E-state index < -0.39 is 0 Å². The fourth-order valence-electron chi connectivity index (χ4n) is 2.99. The van der Waals surface area contributed by atoms with Gasteiger partial charge in [0.15, 0.2) is 0 Å². The molecule has 4 nitrogen and oxygen atoms in total. The van der Waals surface area contributed by atoms with Crippen molar-refractivity contribution >= 4 is 0 Å². The zero-order valence-electron chi connectivity index (χ0n) is 13.9. The predicted octanol–water partition coefficient (Wildman–Crippen LogP) is 2.00. The Labute approximate surface area is 129 Å². The molecule has 118 valence electrons. The number of hydrogen-bond acceptors (Lipinski definition) is 4. The van der Waals surface area contributed by atoms with Crippen molar-refractivity contribution in [1.29, 1.82) is 0 Å². The molecule has 0 spiro atoms. The summed E-state index contributed by atoms with van der Waals surface area (Å²) in [6.07, 6.45) is 3.79. The molecule has 1 aliphatic rings. The molecule has 0 amide bonds. The second kappa shape index (κ2) is 7.87. The second-order valence-corrected chi connectivity index (χ2v) is 6.57. The molecule has 0 aliphatic carbocycles. The van der Waals surface area contributed by atoms with Crippen LogP contribution in [0.5, 0.6) is 0 Å². The second-order valence-electron chi connectivity index (χ2n) is 6.57. The number of nitrogens with zero attached hydrogens (tertiary/aromatic N) is 3. The maximum Gasteiger partial charge on any atom is 0.0315 e. The molecule has 0 aromatic carbocycles. The van der Waals surface area contributed by atoms with Gasteiger partial charge in [-0.1, -0.05) is 19.9 Å². The molecule has 1 saturated heterocycles. The van der Waals surface area contributed by atoms with Gasteiger partial charge in [0.2, 0.25) is 0 Å². The molecule has 1 aromatic heterocycles. The van der Waals surface area contributed by atoms with Crippen LogP contribution in [-0.4, -0.2) is 60.6 Å². The molecule has 1 fully saturated rings. The maximum atomic E-state index is 4.21. The Bertz CT molecular complexity index is 399. The van der Waals surface area contributed by atoms with Crippen molar-refractivity contribution < 1.29 is 0 Å². The zero-order valence-corrected chi connectivity index (χ0v) is 13.9. The van der Waals surface area contributed by atoms with Crippen molar-refractivity contribution in [2.24, 2.45) is 5.92 Å². The Morgan fingerprint density at radius 2 is 1.90 bits per heavy atom. The highest BCUT2D eigenvalue weighted by atomic mass is 15.3. The highest BCUT2D eigenvalue weighted by molar-refractivity contribution is 5.12. The summed E-state index contributed by atoms with van der Waals surface area (Å²) in [6.45, 7) is 12.7. The third-order valence-corrected chi connectivity index (χ3v) is 4.59. The third-order valence-electron chi connectivity index (χ3n) is 4.59. The molecular weight excluding hydrogens is 260 g/mol. The summed E-state index contributed by atoms with van der Waals surface area (Å²) >= 11 is 0. The Hall–Kier alpha value is -0.970. The van der Waals surface area contributed by atoms with E-state index in [1.165, 1.54) is 31.7 Å². The van der Waals surface area contributed by atoms with Crippen LogP contribution in [0, 0.1) is 5.92 Å². The van der Waals surface area contributed by atoms with Crippen molar-refractivity contribution in [2.75, 3.05) is 39.8 Å². The first-order chi connectivity index (χ1) is 10.1. The molecule has 2 atom stereocenters. The lowest BCUT2D eigenvalue weighted by molar-refractivity contribution is 0.0863. The van der Waals surface area contributed by atoms with E-state index in [4.69, 9.17) is 0 Å². The van der Waals surface area contributed by atoms with Gasteiger partial charge in [-0.15, -0.1) is 0 Å². The van der Waals surface area contributed by atoms with Gasteiger partial charge in [0.25, 0.3) is 0 Å². The van der Waals surface area contributed by atoms with E-state index in [1.807, 2.05) is 18.5 Å². The molecule has 1 N–H and O–H groups in total. The van der Waals surface area contributed by atoms with Crippen LogP contribution in [-0.2, 0) is 0 Å². The summed E-state index contributed by atoms with van der Waals surface area (Å²) in [5.41, 5.74) is 1.26. The number of rotatable bonds is 6. The molecule has 1 aromatic rings. The van der Waals surface area contributed by atoms with Gasteiger partial charge in [0.05, 0.1) is 0 Å². The van der Waals surface area contributed by atoms with Crippen LogP contribution in [0.4, 0.5) is 0 Å². The van der Waals surface area contributed by atoms with Crippen LogP contribution in [0.15, 0.2) is 24.5 Å². The first kappa shape index (κ1) is 16.4. The molecule has 0 saturated carbocycles. The molecule has 0 bridgehead atoms. The minimum absolute atomic E-state index is 0.354. The molecule has 2 rings (SSSR count). The van der Waals surface area contributed by atoms with Gasteiger partial charge in [-0.25, -0.2) is 0 Å². The van der Waals surface area contributed by atoms with Crippen LogP contribution in [0.2, 0.25) is 0 Å². The largest absolute Gasteiger partial charge is 0.309 e. The standard InChI is InChI=1S/C17H30N4/c1-14(2)17(21-10-8-20(4)9-11-21)13-19-15(3)16-6-5-7-18-12-16/h5-7,12,14-15,17,19H,8-11,13H2,1-4H3. The van der Waals surface area contributed by atoms with E-state index in [0.29, 0.717) is 18.0 Å². The van der Waals surface area contributed by atoms with E-state index in [0.717, 1.165) is 6.54 Å². The predicted molar refractivity (Wildman–Crippen MR) is 88.4 cm³/mol. The lowest BCUT2D eigenvalue weighted by atomic mass is 10.0. The SMILES string of the molecule is CC(NCC(C(C)C)N1CCN(C)CC1)c1cccnc1. The Morgan fingerprint density at radius 3 is 2.48 bits per heavy atom. The minimum Gasteiger partial charge on any atom is -0.309 e. The summed E-state index contributed by atoms with van der Waals surface area (Å²) in [6, 6.07) is 5.11. The highest BCUT2D eigenvalue weighted by Gasteiger charge is 2.25. The molecule has 1 aliphatic heterocycles. The first-order valence-corrected chi connectivity index (χ1v) is 8.14. The van der Waals surface area contributed by atoms with Crippen molar-refractivity contribution in [3.63, 3.8) is 0 Å². The van der Waals surface area contributed by atoms with E-state index >= 15 is 0 Å². The van der Waals surface area contributed by atoms with Crippen molar-refractivity contribution in [2.45, 2.75) is 32.9 Å². The summed E-state index contributed by atoms with van der Waals surface area (Å²) in [5.74, 6) is 0.669. The Kier molecular flexibility index (Phi) is 6.15. The van der Waals surface area contributed by atoms with Gasteiger partial charge in [-0.3, -0.25) is 9.88 Å². The van der Waals surface area contributed by atoms with Gasteiger partial charge < -0.3 is 10.2 Å². The summed E-state index contributed by atoms with van der Waals surface area (Å²) in [7, 11) is 2.21. The number of piperazine rings is 1. The van der Waals surface area contributed by atoms with Crippen LogP contribution < -0.4 is 5.32 Å². The minimum atomic E-state index is 0.354. The fraction of sp³-hybridized carbons (Fsp3) is 0.706. The van der Waals surface area contributed by atoms with Crippen LogP contribution in [0.1, 0.15) is 32.4 Å². The quantitative estimate of drug-likeness (QED) is 0.868. The monoisotopic (exact) mass is 290 g/mol. The molecule has 21 heavy (non-hydrogen) atoms. The molecule has 4 heteroatoms. The topological polar surface area (TPSA) is 31.4 Å². The van der Waals surface area contributed by atoms with Crippen LogP contribution >= 0.6 is 0 Å². The highest BCUT2D eigenvalue weighted by Crippen LogP contribution is 2.15. The fourth-order valence-corrected chi connectivity index (χ4v) is 2.99. The lowest BCUT2D eigenvalue weighted by Gasteiger charge is -2.40. The Morgan fingerprint density at radius 1 is 1.19 bits per heavy atom. The number of likely N-dealkylation sites (N-methyl/N-ethyl adjacent to an activating group) is 1. The normalized spacial score (nSPS) is 20.6. The molecule has 0 radical (unpaired) electrons. The number of pyridine rings is 1. The maximum absolute atomic E-state index is 4.21. The van der Waals surface area contributed by atoms with Gasteiger partial charge >= 0.3 is 0 Å². The average Bonchev–Trinajstić information content (AvgIpc) is 2.49. The molecule has 2 unspecified atom stereocenters. The van der Waals surface area contributed by atoms with Gasteiger partial charge in [0.1, 0.15) is 0 Å². The van der Waals surface area contributed by atoms with Gasteiger partial charge in [-0.2, -0.15) is 0 Å². The van der Waals surface area contributed by atoms with Crippen molar-refractivity contribution in [3.8, 4) is 0 Å². The molecule has 2 heterocycles. The van der Waals surface area contributed by atoms with Crippen molar-refractivity contribution in [3.05, 3.63) is 30.1 Å². The van der Waals surface area contributed by atoms with Crippen LogP contribution in [0.3, 0.4) is 0 Å². The zero-order chi connectivity index (χ0) is 15.2. The van der Waals surface area contributed by atoms with E-state index in [9.17, 15) is 0 Å². The van der Waals surface area contributed by atoms with Gasteiger partial charge in [-0.05, 0) is 31.5 Å². The average molecular weight is 290 g/mol. The van der Waals surface area contributed by atoms with E-state index in [1.54, 1.807) is 0 Å². The Balaban J connectivity index is 1.88. The first-order valence-electron chi connectivity index (χ1n) is 8.14. The summed E-state index contributed by atoms with van der Waals surface area (Å²) < 4.78 is 0. The van der Waals surface area contributed by atoms with E-state index in [-0.39, 0.29) is 0 Å². The summed E-state index contributed by atoms with van der Waals surface area (Å²) in [4.78, 5) is 9.27. The third kappa shape index (κ3) is 4.77. The number of hydrogen-bond donors (Lipinski definition) is 1. The van der Waals surface area contributed by atoms with Crippen molar-refractivity contribution in [1.82, 2.24) is 20.1 Å². The van der Waals surface area contributed by atoms with Gasteiger partial charge in [0, 0.05) is 57.2 Å².